The molecule has 6 heteroatoms. The maximum Gasteiger partial charge on any atom is 0.306 e. The average molecular weight is 288 g/mol. The molecule has 6 nitrogen and oxygen atoms in total. The molecule has 0 fully saturated rings. The third-order valence-corrected chi connectivity index (χ3v) is 3.23. The van der Waals surface area contributed by atoms with E-state index in [-0.39, 0.29) is 24.5 Å². The van der Waals surface area contributed by atoms with E-state index in [1.165, 1.54) is 7.11 Å². The molecule has 2 N–H and O–H groups in total. The van der Waals surface area contributed by atoms with Gasteiger partial charge in [-0.05, 0) is 13.0 Å². The summed E-state index contributed by atoms with van der Waals surface area (Å²) in [4.78, 5) is 11.8. The van der Waals surface area contributed by atoms with Gasteiger partial charge in [-0.3, -0.25) is 4.79 Å². The molecule has 1 atom stereocenters. The Morgan fingerprint density at radius 1 is 1.52 bits per heavy atom. The fourth-order valence-electron chi connectivity index (χ4n) is 2.30. The fraction of sp³-hybridized carbons (Fsp3) is 0.333. The highest BCUT2D eigenvalue weighted by Crippen LogP contribution is 2.44. The van der Waals surface area contributed by atoms with Crippen LogP contribution in [0.1, 0.15) is 24.8 Å². The summed E-state index contributed by atoms with van der Waals surface area (Å²) < 4.78 is 15.7. The van der Waals surface area contributed by atoms with E-state index in [9.17, 15) is 10.1 Å². The predicted molar refractivity (Wildman–Crippen MR) is 74.4 cm³/mol. The zero-order valence-corrected chi connectivity index (χ0v) is 11.9. The average Bonchev–Trinajstić information content (AvgIpc) is 2.47. The largest absolute Gasteiger partial charge is 0.493 e. The standard InChI is InChI=1S/C15H16N2O4/c1-3-20-13(18)7-10-9-5-4-6-12(19-2)14(9)21-15(17)11(10)8-16/h4-6,10H,3,7,17H2,1-2H3. The van der Waals surface area contributed by atoms with Crippen LogP contribution in [0.15, 0.2) is 29.7 Å². The van der Waals surface area contributed by atoms with Crippen LogP contribution in [0.3, 0.4) is 0 Å². The Hall–Kier alpha value is -2.68. The van der Waals surface area contributed by atoms with Crippen LogP contribution in [0.5, 0.6) is 11.5 Å². The van der Waals surface area contributed by atoms with Gasteiger partial charge in [0.15, 0.2) is 11.5 Å². The number of ether oxygens (including phenoxy) is 3. The molecule has 1 aromatic rings. The molecule has 1 aliphatic heterocycles. The molecule has 0 bridgehead atoms. The first kappa shape index (κ1) is 14.7. The number of nitrogens with two attached hydrogens (primary N) is 1. The first-order valence-corrected chi connectivity index (χ1v) is 6.52. The minimum absolute atomic E-state index is 0.0104. The number of esters is 1. The maximum absolute atomic E-state index is 11.8. The van der Waals surface area contributed by atoms with Crippen molar-refractivity contribution in [3.05, 3.63) is 35.2 Å². The monoisotopic (exact) mass is 288 g/mol. The molecule has 0 aromatic heterocycles. The summed E-state index contributed by atoms with van der Waals surface area (Å²) in [6.45, 7) is 2.02. The summed E-state index contributed by atoms with van der Waals surface area (Å²) in [6.07, 6.45) is 0.0287. The molecule has 0 saturated heterocycles. The number of methoxy groups -OCH3 is 1. The first-order valence-electron chi connectivity index (χ1n) is 6.52. The number of rotatable bonds is 4. The van der Waals surface area contributed by atoms with Gasteiger partial charge in [0.2, 0.25) is 5.88 Å². The summed E-state index contributed by atoms with van der Waals surface area (Å²) in [7, 11) is 1.51. The second-order valence-electron chi connectivity index (χ2n) is 4.43. The first-order chi connectivity index (χ1) is 10.1. The lowest BCUT2D eigenvalue weighted by Crippen LogP contribution is -2.23. The molecule has 110 valence electrons. The van der Waals surface area contributed by atoms with Gasteiger partial charge in [0.1, 0.15) is 6.07 Å². The molecule has 2 rings (SSSR count). The number of carbonyl (C=O) groups is 1. The number of para-hydroxylation sites is 1. The van der Waals surface area contributed by atoms with Crippen LogP contribution in [-0.2, 0) is 9.53 Å². The molecular weight excluding hydrogens is 272 g/mol. The molecule has 0 radical (unpaired) electrons. The third-order valence-electron chi connectivity index (χ3n) is 3.23. The van der Waals surface area contributed by atoms with Gasteiger partial charge in [0.05, 0.1) is 25.7 Å². The van der Waals surface area contributed by atoms with Gasteiger partial charge in [-0.25, -0.2) is 0 Å². The molecule has 21 heavy (non-hydrogen) atoms. The molecule has 1 heterocycles. The Balaban J connectivity index is 2.46. The maximum atomic E-state index is 11.8. The van der Waals surface area contributed by atoms with E-state index in [1.807, 2.05) is 6.07 Å². The van der Waals surface area contributed by atoms with Crippen molar-refractivity contribution in [3.63, 3.8) is 0 Å². The summed E-state index contributed by atoms with van der Waals surface area (Å²) in [6, 6.07) is 7.29. The van der Waals surface area contributed by atoms with Gasteiger partial charge in [-0.2, -0.15) is 5.26 Å². The van der Waals surface area contributed by atoms with Crippen molar-refractivity contribution in [2.75, 3.05) is 13.7 Å². The fourth-order valence-corrected chi connectivity index (χ4v) is 2.30. The molecule has 0 amide bonds. The number of hydrogen-bond acceptors (Lipinski definition) is 6. The predicted octanol–water partition coefficient (Wildman–Crippen LogP) is 1.82. The molecule has 0 saturated carbocycles. The van der Waals surface area contributed by atoms with E-state index in [0.717, 1.165) is 0 Å². The van der Waals surface area contributed by atoms with Crippen molar-refractivity contribution in [1.82, 2.24) is 0 Å². The number of nitrogens with zero attached hydrogens (tertiary/aromatic N) is 1. The summed E-state index contributed by atoms with van der Waals surface area (Å²) >= 11 is 0. The van der Waals surface area contributed by atoms with Crippen LogP contribution in [0.4, 0.5) is 0 Å². The van der Waals surface area contributed by atoms with Crippen LogP contribution < -0.4 is 15.2 Å². The molecule has 1 aromatic carbocycles. The SMILES string of the molecule is CCOC(=O)CC1C(C#N)=C(N)Oc2c(OC)cccc21. The number of allylic oxidation sites excluding steroid dienone is 1. The van der Waals surface area contributed by atoms with Gasteiger partial charge in [0.25, 0.3) is 0 Å². The smallest absolute Gasteiger partial charge is 0.306 e. The minimum atomic E-state index is -0.493. The van der Waals surface area contributed by atoms with Crippen LogP contribution in [0.2, 0.25) is 0 Å². The summed E-state index contributed by atoms with van der Waals surface area (Å²) in [5.74, 6) is 0.0440. The van der Waals surface area contributed by atoms with E-state index >= 15 is 0 Å². The molecule has 1 unspecified atom stereocenters. The molecule has 0 spiro atoms. The summed E-state index contributed by atoms with van der Waals surface area (Å²) in [5.41, 5.74) is 6.71. The lowest BCUT2D eigenvalue weighted by molar-refractivity contribution is -0.143. The molecule has 1 aliphatic rings. The highest BCUT2D eigenvalue weighted by Gasteiger charge is 2.33. The van der Waals surface area contributed by atoms with E-state index in [1.54, 1.807) is 25.1 Å². The van der Waals surface area contributed by atoms with Gasteiger partial charge < -0.3 is 19.9 Å². The second kappa shape index (κ2) is 6.18. The molecular formula is C15H16N2O4. The van der Waals surface area contributed by atoms with Crippen molar-refractivity contribution < 1.29 is 19.0 Å². The van der Waals surface area contributed by atoms with Crippen LogP contribution >= 0.6 is 0 Å². The lowest BCUT2D eigenvalue weighted by atomic mass is 9.86. The van der Waals surface area contributed by atoms with Crippen molar-refractivity contribution in [2.24, 2.45) is 5.73 Å². The number of nitriles is 1. The molecule has 0 aliphatic carbocycles. The van der Waals surface area contributed by atoms with Crippen LogP contribution in [-0.4, -0.2) is 19.7 Å². The Bertz CT molecular complexity index is 631. The number of carbonyl (C=O) groups excluding carboxylic acids is 1. The minimum Gasteiger partial charge on any atom is -0.493 e. The normalized spacial score (nSPS) is 16.5. The van der Waals surface area contributed by atoms with Gasteiger partial charge in [0, 0.05) is 11.5 Å². The van der Waals surface area contributed by atoms with E-state index in [4.69, 9.17) is 19.9 Å². The third kappa shape index (κ3) is 2.77. The Morgan fingerprint density at radius 3 is 2.90 bits per heavy atom. The topological polar surface area (TPSA) is 94.6 Å². The highest BCUT2D eigenvalue weighted by molar-refractivity contribution is 5.73. The van der Waals surface area contributed by atoms with E-state index in [2.05, 4.69) is 0 Å². The van der Waals surface area contributed by atoms with Crippen molar-refractivity contribution in [2.45, 2.75) is 19.3 Å². The van der Waals surface area contributed by atoms with Crippen molar-refractivity contribution >= 4 is 5.97 Å². The summed E-state index contributed by atoms with van der Waals surface area (Å²) in [5, 5.41) is 9.28. The van der Waals surface area contributed by atoms with Gasteiger partial charge in [-0.15, -0.1) is 0 Å². The van der Waals surface area contributed by atoms with Crippen molar-refractivity contribution in [3.8, 4) is 17.6 Å². The number of fused-ring (bicyclic) bond motifs is 1. The Labute approximate surface area is 122 Å². The number of hydrogen-bond donors (Lipinski definition) is 1. The van der Waals surface area contributed by atoms with Gasteiger partial charge >= 0.3 is 5.97 Å². The zero-order valence-electron chi connectivity index (χ0n) is 11.9. The zero-order chi connectivity index (χ0) is 15.4. The quantitative estimate of drug-likeness (QED) is 0.849. The highest BCUT2D eigenvalue weighted by atomic mass is 16.5. The second-order valence-corrected chi connectivity index (χ2v) is 4.43. The van der Waals surface area contributed by atoms with E-state index in [0.29, 0.717) is 17.1 Å². The Morgan fingerprint density at radius 2 is 2.29 bits per heavy atom. The van der Waals surface area contributed by atoms with Crippen LogP contribution in [0.25, 0.3) is 0 Å². The number of benzene rings is 1. The van der Waals surface area contributed by atoms with Gasteiger partial charge in [-0.1, -0.05) is 12.1 Å². The Kier molecular flexibility index (Phi) is 4.33. The van der Waals surface area contributed by atoms with E-state index < -0.39 is 11.9 Å². The van der Waals surface area contributed by atoms with Crippen LogP contribution in [0, 0.1) is 11.3 Å². The lowest BCUT2D eigenvalue weighted by Gasteiger charge is -2.26. The van der Waals surface area contributed by atoms with Crippen molar-refractivity contribution in [1.29, 1.82) is 5.26 Å².